The number of halogens is 4. The zero-order chi connectivity index (χ0) is 25.7. The van der Waals surface area contributed by atoms with Crippen molar-refractivity contribution < 1.29 is 27.0 Å². The molecule has 0 amide bonds. The van der Waals surface area contributed by atoms with Crippen LogP contribution in [0.2, 0.25) is 0 Å². The van der Waals surface area contributed by atoms with E-state index in [0.29, 0.717) is 23.3 Å². The van der Waals surface area contributed by atoms with Crippen LogP contribution in [0.4, 0.5) is 17.6 Å². The van der Waals surface area contributed by atoms with E-state index in [4.69, 9.17) is 9.47 Å². The standard InChI is InChI=1S/C30H30F4O2/c1-3-35-23-14-11-21(12-15-23)24-16-13-22(27(31)28(24)32)10-7-19-5-8-20(9-6-19)25-17-18-26(36-4-2)30(34)29(25)33/h5-10,13,16-18,21,23H,3-4,11-12,14-15H2,1-2H3/b10-7+. The summed E-state index contributed by atoms with van der Waals surface area (Å²) in [5.41, 5.74) is 1.90. The lowest BCUT2D eigenvalue weighted by Crippen LogP contribution is -2.21. The number of hydrogen-bond donors (Lipinski definition) is 0. The van der Waals surface area contributed by atoms with Crippen molar-refractivity contribution in [1.29, 1.82) is 0 Å². The number of ether oxygens (including phenoxy) is 2. The molecule has 1 saturated carbocycles. The minimum absolute atomic E-state index is 0.00499. The van der Waals surface area contributed by atoms with Crippen molar-refractivity contribution in [3.8, 4) is 16.9 Å². The summed E-state index contributed by atoms with van der Waals surface area (Å²) in [4.78, 5) is 0. The highest BCUT2D eigenvalue weighted by molar-refractivity contribution is 5.73. The lowest BCUT2D eigenvalue weighted by atomic mass is 9.82. The van der Waals surface area contributed by atoms with E-state index in [1.807, 2.05) is 6.92 Å². The lowest BCUT2D eigenvalue weighted by molar-refractivity contribution is 0.0325. The molecule has 0 N–H and O–H groups in total. The normalized spacial score (nSPS) is 18.1. The van der Waals surface area contributed by atoms with Gasteiger partial charge in [0.15, 0.2) is 23.2 Å². The van der Waals surface area contributed by atoms with Crippen molar-refractivity contribution in [1.82, 2.24) is 0 Å². The highest BCUT2D eigenvalue weighted by atomic mass is 19.2. The number of rotatable bonds is 8. The van der Waals surface area contributed by atoms with Crippen LogP contribution in [-0.4, -0.2) is 19.3 Å². The third kappa shape index (κ3) is 5.65. The van der Waals surface area contributed by atoms with Crippen molar-refractivity contribution in [2.45, 2.75) is 51.6 Å². The Balaban J connectivity index is 1.47. The van der Waals surface area contributed by atoms with E-state index >= 15 is 0 Å². The van der Waals surface area contributed by atoms with E-state index in [1.54, 1.807) is 49.4 Å². The van der Waals surface area contributed by atoms with Crippen LogP contribution in [0.15, 0.2) is 48.5 Å². The minimum atomic E-state index is -1.03. The van der Waals surface area contributed by atoms with Crippen molar-refractivity contribution in [2.75, 3.05) is 13.2 Å². The van der Waals surface area contributed by atoms with Crippen molar-refractivity contribution in [3.05, 3.63) is 88.5 Å². The van der Waals surface area contributed by atoms with E-state index in [1.165, 1.54) is 18.2 Å². The minimum Gasteiger partial charge on any atom is -0.491 e. The molecule has 0 aliphatic heterocycles. The molecular formula is C30H30F4O2. The Morgan fingerprint density at radius 3 is 2.11 bits per heavy atom. The SMILES string of the molecule is CCOc1ccc(-c2ccc(/C=C/c3ccc(C4CCC(OCC)CC4)c(F)c3F)cc2)c(F)c1F. The summed E-state index contributed by atoms with van der Waals surface area (Å²) < 4.78 is 69.2. The first-order chi connectivity index (χ1) is 17.4. The van der Waals surface area contributed by atoms with Crippen LogP contribution in [0, 0.1) is 23.3 Å². The van der Waals surface area contributed by atoms with Gasteiger partial charge in [0.05, 0.1) is 12.7 Å². The van der Waals surface area contributed by atoms with E-state index in [9.17, 15) is 17.6 Å². The molecule has 4 rings (SSSR count). The average molecular weight is 499 g/mol. The van der Waals surface area contributed by atoms with E-state index < -0.39 is 23.3 Å². The fraction of sp³-hybridized carbons (Fsp3) is 0.333. The summed E-state index contributed by atoms with van der Waals surface area (Å²) in [7, 11) is 0. The van der Waals surface area contributed by atoms with Gasteiger partial charge in [-0.15, -0.1) is 0 Å². The Kier molecular flexibility index (Phi) is 8.47. The smallest absolute Gasteiger partial charge is 0.201 e. The Hall–Kier alpha value is -3.12. The molecule has 6 heteroatoms. The maximum atomic E-state index is 14.9. The van der Waals surface area contributed by atoms with Gasteiger partial charge in [0.25, 0.3) is 0 Å². The fourth-order valence-corrected chi connectivity index (χ4v) is 4.78. The van der Waals surface area contributed by atoms with Crippen LogP contribution in [0.5, 0.6) is 5.75 Å². The molecule has 0 saturated heterocycles. The van der Waals surface area contributed by atoms with Gasteiger partial charge in [0, 0.05) is 17.7 Å². The van der Waals surface area contributed by atoms with Gasteiger partial charge in [0.2, 0.25) is 5.82 Å². The predicted molar refractivity (Wildman–Crippen MR) is 135 cm³/mol. The van der Waals surface area contributed by atoms with E-state index in [0.717, 1.165) is 25.7 Å². The summed E-state index contributed by atoms with van der Waals surface area (Å²) >= 11 is 0. The zero-order valence-electron chi connectivity index (χ0n) is 20.5. The second-order valence-corrected chi connectivity index (χ2v) is 8.93. The first kappa shape index (κ1) is 26.0. The second-order valence-electron chi connectivity index (χ2n) is 8.93. The Morgan fingerprint density at radius 1 is 0.722 bits per heavy atom. The molecule has 0 atom stereocenters. The largest absolute Gasteiger partial charge is 0.491 e. The summed E-state index contributed by atoms with van der Waals surface area (Å²) in [5.74, 6) is -3.79. The Labute approximate surface area is 209 Å². The fourth-order valence-electron chi connectivity index (χ4n) is 4.78. The number of hydrogen-bond acceptors (Lipinski definition) is 2. The molecule has 1 fully saturated rings. The topological polar surface area (TPSA) is 18.5 Å². The van der Waals surface area contributed by atoms with Crippen LogP contribution in [0.3, 0.4) is 0 Å². The van der Waals surface area contributed by atoms with Crippen LogP contribution < -0.4 is 4.74 Å². The average Bonchev–Trinajstić information content (AvgIpc) is 2.89. The van der Waals surface area contributed by atoms with Crippen LogP contribution in [-0.2, 0) is 4.74 Å². The van der Waals surface area contributed by atoms with Crippen molar-refractivity contribution >= 4 is 12.2 Å². The molecule has 0 spiro atoms. The lowest BCUT2D eigenvalue weighted by Gasteiger charge is -2.29. The highest BCUT2D eigenvalue weighted by Gasteiger charge is 2.26. The molecule has 0 radical (unpaired) electrons. The van der Waals surface area contributed by atoms with Gasteiger partial charge in [-0.2, -0.15) is 4.39 Å². The van der Waals surface area contributed by atoms with Crippen LogP contribution in [0.25, 0.3) is 23.3 Å². The molecule has 36 heavy (non-hydrogen) atoms. The van der Waals surface area contributed by atoms with Gasteiger partial charge >= 0.3 is 0 Å². The number of benzene rings is 3. The third-order valence-electron chi connectivity index (χ3n) is 6.68. The first-order valence-corrected chi connectivity index (χ1v) is 12.4. The molecule has 2 nitrogen and oxygen atoms in total. The maximum absolute atomic E-state index is 14.9. The summed E-state index contributed by atoms with van der Waals surface area (Å²) in [6.45, 7) is 4.56. The molecule has 0 heterocycles. The van der Waals surface area contributed by atoms with E-state index in [-0.39, 0.29) is 35.5 Å². The summed E-state index contributed by atoms with van der Waals surface area (Å²) in [6, 6.07) is 12.9. The van der Waals surface area contributed by atoms with Crippen LogP contribution in [0.1, 0.15) is 62.1 Å². The molecule has 1 aliphatic rings. The highest BCUT2D eigenvalue weighted by Crippen LogP contribution is 2.36. The van der Waals surface area contributed by atoms with Gasteiger partial charge in [-0.25, -0.2) is 13.2 Å². The van der Waals surface area contributed by atoms with Gasteiger partial charge in [0.1, 0.15) is 0 Å². The summed E-state index contributed by atoms with van der Waals surface area (Å²) in [5, 5.41) is 0. The summed E-state index contributed by atoms with van der Waals surface area (Å²) in [6.07, 6.45) is 6.64. The Bertz CT molecular complexity index is 1210. The van der Waals surface area contributed by atoms with Gasteiger partial charge in [-0.1, -0.05) is 48.6 Å². The first-order valence-electron chi connectivity index (χ1n) is 12.4. The van der Waals surface area contributed by atoms with Crippen LogP contribution >= 0.6 is 0 Å². The molecule has 3 aromatic carbocycles. The molecule has 0 bridgehead atoms. The molecule has 0 unspecified atom stereocenters. The zero-order valence-corrected chi connectivity index (χ0v) is 20.5. The van der Waals surface area contributed by atoms with Gasteiger partial charge in [-0.3, -0.25) is 0 Å². The molecular weight excluding hydrogens is 468 g/mol. The molecule has 3 aromatic rings. The molecule has 0 aromatic heterocycles. The second kappa shape index (κ2) is 11.7. The van der Waals surface area contributed by atoms with E-state index in [2.05, 4.69) is 0 Å². The van der Waals surface area contributed by atoms with Gasteiger partial charge < -0.3 is 9.47 Å². The maximum Gasteiger partial charge on any atom is 0.201 e. The monoisotopic (exact) mass is 498 g/mol. The predicted octanol–water partition coefficient (Wildman–Crippen LogP) is 8.54. The van der Waals surface area contributed by atoms with Crippen molar-refractivity contribution in [3.63, 3.8) is 0 Å². The Morgan fingerprint density at radius 2 is 1.44 bits per heavy atom. The van der Waals surface area contributed by atoms with Crippen molar-refractivity contribution in [2.24, 2.45) is 0 Å². The third-order valence-corrected chi connectivity index (χ3v) is 6.68. The quantitative estimate of drug-likeness (QED) is 0.229. The molecule has 1 aliphatic carbocycles. The molecule has 190 valence electrons. The van der Waals surface area contributed by atoms with Gasteiger partial charge in [-0.05, 0) is 74.3 Å².